The van der Waals surface area contributed by atoms with Crippen LogP contribution in [-0.2, 0) is 14.3 Å². The van der Waals surface area contributed by atoms with Crippen LogP contribution in [0, 0.1) is 12.8 Å². The molecule has 1 saturated heterocycles. The molecule has 2 aliphatic rings. The number of rotatable bonds is 5. The molecule has 29 heavy (non-hydrogen) atoms. The van der Waals surface area contributed by atoms with Crippen molar-refractivity contribution in [2.24, 2.45) is 5.92 Å². The Morgan fingerprint density at radius 2 is 1.83 bits per heavy atom. The van der Waals surface area contributed by atoms with Crippen molar-refractivity contribution in [2.45, 2.75) is 52.2 Å². The van der Waals surface area contributed by atoms with Gasteiger partial charge in [0, 0.05) is 13.1 Å². The molecule has 1 aliphatic carbocycles. The zero-order valence-corrected chi connectivity index (χ0v) is 17.7. The van der Waals surface area contributed by atoms with Crippen LogP contribution in [0.3, 0.4) is 0 Å². The maximum absolute atomic E-state index is 12.6. The number of nitrogens with zero attached hydrogens (tertiary/aromatic N) is 2. The van der Waals surface area contributed by atoms with E-state index >= 15 is 0 Å². The number of carbonyl (C=O) groups is 3. The highest BCUT2D eigenvalue weighted by molar-refractivity contribution is 5.88. The molecule has 158 valence electrons. The third-order valence-corrected chi connectivity index (χ3v) is 5.15. The Morgan fingerprint density at radius 1 is 1.17 bits per heavy atom. The summed E-state index contributed by atoms with van der Waals surface area (Å²) in [6.07, 6.45) is 1.71. The fourth-order valence-electron chi connectivity index (χ4n) is 3.43. The maximum atomic E-state index is 12.6. The van der Waals surface area contributed by atoms with E-state index in [1.807, 2.05) is 6.92 Å². The summed E-state index contributed by atoms with van der Waals surface area (Å²) in [6.45, 7) is 8.04. The molecule has 0 spiro atoms. The lowest BCUT2D eigenvalue weighted by Crippen LogP contribution is -2.55. The van der Waals surface area contributed by atoms with E-state index in [0.29, 0.717) is 19.0 Å². The number of aryl methyl sites for hydroxylation is 1. The van der Waals surface area contributed by atoms with Crippen LogP contribution in [0.5, 0.6) is 0 Å². The first-order valence-electron chi connectivity index (χ1n) is 10.2. The van der Waals surface area contributed by atoms with Crippen LogP contribution in [0.15, 0.2) is 24.3 Å². The number of amides is 3. The first kappa shape index (κ1) is 21.1. The van der Waals surface area contributed by atoms with E-state index in [-0.39, 0.29) is 30.9 Å². The fourth-order valence-corrected chi connectivity index (χ4v) is 3.43. The van der Waals surface area contributed by atoms with E-state index in [1.54, 1.807) is 20.8 Å². The van der Waals surface area contributed by atoms with Gasteiger partial charge in [-0.3, -0.25) is 14.5 Å². The molecule has 3 amide bonds. The van der Waals surface area contributed by atoms with Crippen LogP contribution in [0.1, 0.15) is 50.8 Å². The first-order valence-corrected chi connectivity index (χ1v) is 10.2. The van der Waals surface area contributed by atoms with Gasteiger partial charge in [0.15, 0.2) is 0 Å². The summed E-state index contributed by atoms with van der Waals surface area (Å²) in [7, 11) is 0. The van der Waals surface area contributed by atoms with Gasteiger partial charge in [-0.1, -0.05) is 29.8 Å². The molecule has 0 radical (unpaired) electrons. The predicted octanol–water partition coefficient (Wildman–Crippen LogP) is 2.64. The van der Waals surface area contributed by atoms with Crippen molar-refractivity contribution in [2.75, 3.05) is 26.2 Å². The number of nitrogens with one attached hydrogen (secondary N) is 1. The van der Waals surface area contributed by atoms with Crippen LogP contribution >= 0.6 is 0 Å². The smallest absolute Gasteiger partial charge is 0.410 e. The second-order valence-electron chi connectivity index (χ2n) is 9.01. The van der Waals surface area contributed by atoms with Crippen LogP contribution in [0.2, 0.25) is 0 Å². The molecule has 0 bridgehead atoms. The zero-order valence-electron chi connectivity index (χ0n) is 17.7. The normalized spacial score (nSPS) is 18.4. The summed E-state index contributed by atoms with van der Waals surface area (Å²) >= 11 is 0. The number of carbonyl (C=O) groups excluding carboxylic acids is 3. The highest BCUT2D eigenvalue weighted by Crippen LogP contribution is 2.41. The molecule has 3 rings (SSSR count). The molecule has 1 aliphatic heterocycles. The van der Waals surface area contributed by atoms with E-state index in [0.717, 1.165) is 18.4 Å². The van der Waals surface area contributed by atoms with E-state index in [4.69, 9.17) is 4.74 Å². The Balaban J connectivity index is 1.53. The molecule has 7 nitrogen and oxygen atoms in total. The minimum Gasteiger partial charge on any atom is -0.444 e. The monoisotopic (exact) mass is 401 g/mol. The van der Waals surface area contributed by atoms with Gasteiger partial charge in [-0.15, -0.1) is 0 Å². The Hall–Kier alpha value is -2.57. The van der Waals surface area contributed by atoms with Crippen molar-refractivity contribution in [3.8, 4) is 0 Å². The van der Waals surface area contributed by atoms with Crippen molar-refractivity contribution in [1.82, 2.24) is 15.1 Å². The second kappa shape index (κ2) is 8.43. The standard InChI is InChI=1S/C22H31N3O4/c1-15-5-7-16(8-6-15)20(17-9-10-17)23-18(26)13-24-11-12-25(14-19(24)27)21(28)29-22(2,3)4/h5-8,17,20H,9-14H2,1-4H3,(H,23,26)/t20-/m1/s1. The van der Waals surface area contributed by atoms with E-state index in [2.05, 4.69) is 29.6 Å². The molecular weight excluding hydrogens is 370 g/mol. The molecule has 1 aromatic carbocycles. The van der Waals surface area contributed by atoms with Gasteiger partial charge in [-0.25, -0.2) is 4.79 Å². The quantitative estimate of drug-likeness (QED) is 0.823. The van der Waals surface area contributed by atoms with Gasteiger partial charge in [-0.05, 0) is 52.0 Å². The number of hydrogen-bond donors (Lipinski definition) is 1. The van der Waals surface area contributed by atoms with Crippen LogP contribution < -0.4 is 5.32 Å². The van der Waals surface area contributed by atoms with Gasteiger partial charge in [-0.2, -0.15) is 0 Å². The molecule has 1 aromatic rings. The maximum Gasteiger partial charge on any atom is 0.410 e. The molecular formula is C22H31N3O4. The van der Waals surface area contributed by atoms with E-state index in [1.165, 1.54) is 15.4 Å². The van der Waals surface area contributed by atoms with Crippen molar-refractivity contribution in [3.05, 3.63) is 35.4 Å². The van der Waals surface area contributed by atoms with E-state index in [9.17, 15) is 14.4 Å². The Morgan fingerprint density at radius 3 is 2.38 bits per heavy atom. The lowest BCUT2D eigenvalue weighted by atomic mass is 10.0. The number of hydrogen-bond acceptors (Lipinski definition) is 4. The third kappa shape index (κ3) is 5.95. The topological polar surface area (TPSA) is 79.0 Å². The molecule has 0 unspecified atom stereocenters. The minimum atomic E-state index is -0.606. The van der Waals surface area contributed by atoms with Gasteiger partial charge < -0.3 is 15.0 Å². The Labute approximate surface area is 172 Å². The molecule has 1 saturated carbocycles. The van der Waals surface area contributed by atoms with Crippen LogP contribution in [0.25, 0.3) is 0 Å². The summed E-state index contributed by atoms with van der Waals surface area (Å²) in [5, 5.41) is 3.11. The highest BCUT2D eigenvalue weighted by Gasteiger charge is 2.35. The van der Waals surface area contributed by atoms with Crippen LogP contribution in [-0.4, -0.2) is 59.5 Å². The summed E-state index contributed by atoms with van der Waals surface area (Å²) < 4.78 is 5.32. The molecule has 1 N–H and O–H groups in total. The van der Waals surface area contributed by atoms with Crippen molar-refractivity contribution in [3.63, 3.8) is 0 Å². The minimum absolute atomic E-state index is 0.00999. The fraction of sp³-hybridized carbons (Fsp3) is 0.591. The lowest BCUT2D eigenvalue weighted by molar-refractivity contribution is -0.140. The summed E-state index contributed by atoms with van der Waals surface area (Å²) in [5.41, 5.74) is 1.68. The third-order valence-electron chi connectivity index (χ3n) is 5.15. The molecule has 1 atom stereocenters. The van der Waals surface area contributed by atoms with Gasteiger partial charge >= 0.3 is 6.09 Å². The van der Waals surface area contributed by atoms with E-state index < -0.39 is 11.7 Å². The molecule has 0 aromatic heterocycles. The summed E-state index contributed by atoms with van der Waals surface area (Å²) in [5.74, 6) is 0.0542. The number of ether oxygens (including phenoxy) is 1. The highest BCUT2D eigenvalue weighted by atomic mass is 16.6. The molecule has 2 fully saturated rings. The Kier molecular flexibility index (Phi) is 6.15. The van der Waals surface area contributed by atoms with Gasteiger partial charge in [0.1, 0.15) is 12.1 Å². The number of piperazine rings is 1. The van der Waals surface area contributed by atoms with Crippen molar-refractivity contribution in [1.29, 1.82) is 0 Å². The summed E-state index contributed by atoms with van der Waals surface area (Å²) in [4.78, 5) is 40.1. The molecule has 7 heteroatoms. The van der Waals surface area contributed by atoms with Gasteiger partial charge in [0.05, 0.1) is 12.6 Å². The van der Waals surface area contributed by atoms with Gasteiger partial charge in [0.25, 0.3) is 0 Å². The zero-order chi connectivity index (χ0) is 21.2. The van der Waals surface area contributed by atoms with Crippen molar-refractivity contribution >= 4 is 17.9 Å². The van der Waals surface area contributed by atoms with Crippen molar-refractivity contribution < 1.29 is 19.1 Å². The lowest BCUT2D eigenvalue weighted by Gasteiger charge is -2.35. The molecule has 1 heterocycles. The second-order valence-corrected chi connectivity index (χ2v) is 9.01. The summed E-state index contributed by atoms with van der Waals surface area (Å²) in [6, 6.07) is 8.21. The average Bonchev–Trinajstić information content (AvgIpc) is 3.46. The SMILES string of the molecule is Cc1ccc([C@@H](NC(=O)CN2CCN(C(=O)OC(C)(C)C)CC2=O)C2CC2)cc1. The Bertz CT molecular complexity index is 765. The predicted molar refractivity (Wildman–Crippen MR) is 109 cm³/mol. The van der Waals surface area contributed by atoms with Gasteiger partial charge in [0.2, 0.25) is 11.8 Å². The first-order chi connectivity index (χ1) is 13.6. The average molecular weight is 402 g/mol. The van der Waals surface area contributed by atoms with Crippen LogP contribution in [0.4, 0.5) is 4.79 Å². The number of benzene rings is 1. The largest absolute Gasteiger partial charge is 0.444 e.